The summed E-state index contributed by atoms with van der Waals surface area (Å²) in [6, 6.07) is 7.90. The van der Waals surface area contributed by atoms with Gasteiger partial charge >= 0.3 is 0 Å². The van der Waals surface area contributed by atoms with Crippen molar-refractivity contribution in [3.63, 3.8) is 0 Å². The first kappa shape index (κ1) is 16.1. The minimum atomic E-state index is -0.500. The number of ether oxygens (including phenoxy) is 2. The minimum absolute atomic E-state index is 0.289. The van der Waals surface area contributed by atoms with E-state index in [2.05, 4.69) is 12.2 Å². The van der Waals surface area contributed by atoms with Gasteiger partial charge in [-0.3, -0.25) is 0 Å². The van der Waals surface area contributed by atoms with Crippen LogP contribution in [-0.2, 0) is 0 Å². The zero-order valence-corrected chi connectivity index (χ0v) is 13.0. The number of hydrogen-bond acceptors (Lipinski definition) is 4. The Morgan fingerprint density at radius 2 is 2.00 bits per heavy atom. The standard InChI is InChI=1S/C17H27NO3/c1-13(14-6-3-4-7-14)18-11-15(19)12-21-17-9-5-8-16(10-17)20-2/h5,8-10,13-15,18-19H,3-4,6-7,11-12H2,1-2H3/t13-,15?/m1/s1. The van der Waals surface area contributed by atoms with Gasteiger partial charge in [-0.05, 0) is 37.8 Å². The molecule has 0 radical (unpaired) electrons. The monoisotopic (exact) mass is 293 g/mol. The molecule has 4 nitrogen and oxygen atoms in total. The SMILES string of the molecule is COc1cccc(OCC(O)CN[C@H](C)C2CCCC2)c1. The molecule has 0 aromatic heterocycles. The molecule has 2 rings (SSSR count). The molecule has 0 heterocycles. The smallest absolute Gasteiger partial charge is 0.123 e. The lowest BCUT2D eigenvalue weighted by atomic mass is 10.00. The number of nitrogens with one attached hydrogen (secondary N) is 1. The first-order chi connectivity index (χ1) is 10.2. The highest BCUT2D eigenvalue weighted by atomic mass is 16.5. The van der Waals surface area contributed by atoms with E-state index in [0.717, 1.165) is 17.4 Å². The average Bonchev–Trinajstić information content (AvgIpc) is 3.05. The molecule has 0 bridgehead atoms. The molecule has 118 valence electrons. The van der Waals surface area contributed by atoms with Crippen molar-refractivity contribution >= 4 is 0 Å². The van der Waals surface area contributed by atoms with Crippen LogP contribution in [0.4, 0.5) is 0 Å². The number of benzene rings is 1. The van der Waals surface area contributed by atoms with Gasteiger partial charge in [0, 0.05) is 18.7 Å². The van der Waals surface area contributed by atoms with E-state index in [9.17, 15) is 5.11 Å². The molecule has 1 aliphatic rings. The summed E-state index contributed by atoms with van der Waals surface area (Å²) in [4.78, 5) is 0. The van der Waals surface area contributed by atoms with Gasteiger partial charge in [-0.1, -0.05) is 18.9 Å². The van der Waals surface area contributed by atoms with Crippen LogP contribution in [0.5, 0.6) is 11.5 Å². The van der Waals surface area contributed by atoms with Crippen molar-refractivity contribution in [2.45, 2.75) is 44.8 Å². The lowest BCUT2D eigenvalue weighted by Gasteiger charge is -2.22. The Labute approximate surface area is 127 Å². The highest BCUT2D eigenvalue weighted by Gasteiger charge is 2.21. The fraction of sp³-hybridized carbons (Fsp3) is 0.647. The molecule has 0 aliphatic heterocycles. The van der Waals surface area contributed by atoms with Crippen LogP contribution in [0.3, 0.4) is 0 Å². The molecule has 0 spiro atoms. The Bertz CT molecular complexity index is 418. The summed E-state index contributed by atoms with van der Waals surface area (Å²) in [6.07, 6.45) is 4.81. The third-order valence-corrected chi connectivity index (χ3v) is 4.27. The molecule has 1 aliphatic carbocycles. The largest absolute Gasteiger partial charge is 0.497 e. The van der Waals surface area contributed by atoms with E-state index in [1.54, 1.807) is 7.11 Å². The van der Waals surface area contributed by atoms with Crippen LogP contribution in [0, 0.1) is 5.92 Å². The average molecular weight is 293 g/mol. The summed E-state index contributed by atoms with van der Waals surface area (Å²) in [6.45, 7) is 3.07. The molecule has 21 heavy (non-hydrogen) atoms. The summed E-state index contributed by atoms with van der Waals surface area (Å²) in [5.41, 5.74) is 0. The van der Waals surface area contributed by atoms with Gasteiger partial charge in [0.25, 0.3) is 0 Å². The zero-order valence-electron chi connectivity index (χ0n) is 13.0. The molecule has 4 heteroatoms. The molecule has 1 fully saturated rings. The van der Waals surface area contributed by atoms with Crippen molar-refractivity contribution in [3.8, 4) is 11.5 Å². The van der Waals surface area contributed by atoms with Gasteiger partial charge in [0.15, 0.2) is 0 Å². The number of rotatable bonds is 8. The van der Waals surface area contributed by atoms with Crippen molar-refractivity contribution in [1.82, 2.24) is 5.32 Å². The van der Waals surface area contributed by atoms with Crippen molar-refractivity contribution in [2.24, 2.45) is 5.92 Å². The molecule has 0 saturated heterocycles. The van der Waals surface area contributed by atoms with Gasteiger partial charge in [0.1, 0.15) is 24.2 Å². The summed E-state index contributed by atoms with van der Waals surface area (Å²) in [5.74, 6) is 2.24. The first-order valence-electron chi connectivity index (χ1n) is 7.87. The summed E-state index contributed by atoms with van der Waals surface area (Å²) >= 11 is 0. The number of aliphatic hydroxyl groups is 1. The summed E-state index contributed by atoms with van der Waals surface area (Å²) in [5, 5.41) is 13.4. The van der Waals surface area contributed by atoms with Crippen LogP contribution >= 0.6 is 0 Å². The fourth-order valence-corrected chi connectivity index (χ4v) is 2.89. The van der Waals surface area contributed by atoms with Crippen LogP contribution in [0.15, 0.2) is 24.3 Å². The zero-order chi connectivity index (χ0) is 15.1. The van der Waals surface area contributed by atoms with Crippen molar-refractivity contribution in [3.05, 3.63) is 24.3 Å². The van der Waals surface area contributed by atoms with E-state index in [-0.39, 0.29) is 6.61 Å². The molecule has 1 aromatic carbocycles. The van der Waals surface area contributed by atoms with Gasteiger partial charge in [0.2, 0.25) is 0 Å². The maximum absolute atomic E-state index is 10.0. The van der Waals surface area contributed by atoms with Gasteiger partial charge in [-0.2, -0.15) is 0 Å². The molecule has 2 atom stereocenters. The van der Waals surface area contributed by atoms with Crippen molar-refractivity contribution in [1.29, 1.82) is 0 Å². The molecule has 2 N–H and O–H groups in total. The van der Waals surface area contributed by atoms with Gasteiger partial charge in [-0.25, -0.2) is 0 Å². The normalized spacial score (nSPS) is 18.4. The predicted octanol–water partition coefficient (Wildman–Crippen LogP) is 2.60. The molecule has 1 saturated carbocycles. The van der Waals surface area contributed by atoms with Crippen LogP contribution < -0.4 is 14.8 Å². The number of methoxy groups -OCH3 is 1. The van der Waals surface area contributed by atoms with E-state index in [1.807, 2.05) is 24.3 Å². The minimum Gasteiger partial charge on any atom is -0.497 e. The Morgan fingerprint density at radius 3 is 2.71 bits per heavy atom. The number of hydrogen-bond donors (Lipinski definition) is 2. The van der Waals surface area contributed by atoms with Crippen molar-refractivity contribution < 1.29 is 14.6 Å². The molecule has 0 amide bonds. The van der Waals surface area contributed by atoms with Crippen molar-refractivity contribution in [2.75, 3.05) is 20.3 Å². The predicted molar refractivity (Wildman–Crippen MR) is 83.9 cm³/mol. The maximum atomic E-state index is 10.0. The molecule has 1 aromatic rings. The number of aliphatic hydroxyl groups excluding tert-OH is 1. The van der Waals surface area contributed by atoms with Gasteiger partial charge < -0.3 is 19.9 Å². The maximum Gasteiger partial charge on any atom is 0.123 e. The van der Waals surface area contributed by atoms with Crippen LogP contribution in [-0.4, -0.2) is 37.5 Å². The van der Waals surface area contributed by atoms with Crippen LogP contribution in [0.2, 0.25) is 0 Å². The summed E-state index contributed by atoms with van der Waals surface area (Å²) in [7, 11) is 1.63. The van der Waals surface area contributed by atoms with E-state index >= 15 is 0 Å². The fourth-order valence-electron chi connectivity index (χ4n) is 2.89. The van der Waals surface area contributed by atoms with Crippen LogP contribution in [0.1, 0.15) is 32.6 Å². The second-order valence-electron chi connectivity index (χ2n) is 5.89. The highest BCUT2D eigenvalue weighted by Crippen LogP contribution is 2.27. The van der Waals surface area contributed by atoms with Gasteiger partial charge in [0.05, 0.1) is 7.11 Å². The lowest BCUT2D eigenvalue weighted by Crippen LogP contribution is -2.39. The van der Waals surface area contributed by atoms with E-state index in [1.165, 1.54) is 25.7 Å². The van der Waals surface area contributed by atoms with E-state index < -0.39 is 6.10 Å². The Hall–Kier alpha value is -1.26. The third kappa shape index (κ3) is 5.21. The lowest BCUT2D eigenvalue weighted by molar-refractivity contribution is 0.101. The Kier molecular flexibility index (Phi) is 6.33. The molecular weight excluding hydrogens is 266 g/mol. The van der Waals surface area contributed by atoms with E-state index in [4.69, 9.17) is 9.47 Å². The Balaban J connectivity index is 1.67. The first-order valence-corrected chi connectivity index (χ1v) is 7.87. The second-order valence-corrected chi connectivity index (χ2v) is 5.89. The topological polar surface area (TPSA) is 50.7 Å². The molecular formula is C17H27NO3. The van der Waals surface area contributed by atoms with E-state index in [0.29, 0.717) is 12.6 Å². The second kappa shape index (κ2) is 8.25. The highest BCUT2D eigenvalue weighted by molar-refractivity contribution is 5.32. The Morgan fingerprint density at radius 1 is 1.29 bits per heavy atom. The van der Waals surface area contributed by atoms with Crippen LogP contribution in [0.25, 0.3) is 0 Å². The van der Waals surface area contributed by atoms with Gasteiger partial charge in [-0.15, -0.1) is 0 Å². The summed E-state index contributed by atoms with van der Waals surface area (Å²) < 4.78 is 10.7. The molecule has 1 unspecified atom stereocenters. The quantitative estimate of drug-likeness (QED) is 0.773. The third-order valence-electron chi connectivity index (χ3n) is 4.27.